The summed E-state index contributed by atoms with van der Waals surface area (Å²) in [5.74, 6) is 1.77. The lowest BCUT2D eigenvalue weighted by Crippen LogP contribution is -2.35. The number of hydrogen-bond acceptors (Lipinski definition) is 3. The zero-order chi connectivity index (χ0) is 12.4. The number of aryl methyl sites for hydroxylation is 1. The third-order valence-electron chi connectivity index (χ3n) is 3.36. The average molecular weight is 249 g/mol. The summed E-state index contributed by atoms with van der Waals surface area (Å²) in [5.41, 5.74) is 7.68. The molecule has 1 saturated heterocycles. The molecular weight excluding hydrogens is 230 g/mol. The highest BCUT2D eigenvalue weighted by Gasteiger charge is 2.20. The molecular formula is C13H19N3S. The average Bonchev–Trinajstić information content (AvgIpc) is 2.29. The van der Waals surface area contributed by atoms with Crippen molar-refractivity contribution in [3.05, 3.63) is 23.4 Å². The molecule has 92 valence electrons. The number of rotatable bonds is 2. The first-order valence-electron chi connectivity index (χ1n) is 6.10. The van der Waals surface area contributed by atoms with E-state index in [4.69, 9.17) is 18.0 Å². The molecule has 2 rings (SSSR count). The fourth-order valence-corrected chi connectivity index (χ4v) is 2.36. The van der Waals surface area contributed by atoms with Crippen LogP contribution in [0.1, 0.15) is 31.0 Å². The lowest BCUT2D eigenvalue weighted by Gasteiger charge is -2.32. The van der Waals surface area contributed by atoms with Gasteiger partial charge in [0, 0.05) is 18.8 Å². The minimum Gasteiger partial charge on any atom is -0.389 e. The maximum Gasteiger partial charge on any atom is 0.139 e. The third-order valence-corrected chi connectivity index (χ3v) is 3.58. The second-order valence-electron chi connectivity index (χ2n) is 4.86. The maximum absolute atomic E-state index is 5.76. The molecule has 0 unspecified atom stereocenters. The van der Waals surface area contributed by atoms with Crippen LogP contribution in [0.4, 0.5) is 5.82 Å². The summed E-state index contributed by atoms with van der Waals surface area (Å²) in [5, 5.41) is 0. The van der Waals surface area contributed by atoms with Crippen molar-refractivity contribution in [2.45, 2.75) is 26.7 Å². The Labute approximate surface area is 108 Å². The van der Waals surface area contributed by atoms with E-state index in [1.165, 1.54) is 12.8 Å². The Kier molecular flexibility index (Phi) is 3.62. The summed E-state index contributed by atoms with van der Waals surface area (Å²) in [4.78, 5) is 7.34. The highest BCUT2D eigenvalue weighted by Crippen LogP contribution is 2.24. The SMILES string of the molecule is Cc1ccc(C(N)=S)c(N2CCC(C)CC2)n1. The van der Waals surface area contributed by atoms with Gasteiger partial charge < -0.3 is 10.6 Å². The van der Waals surface area contributed by atoms with E-state index in [0.717, 1.165) is 36.1 Å². The van der Waals surface area contributed by atoms with Crippen molar-refractivity contribution in [1.82, 2.24) is 4.98 Å². The Balaban J connectivity index is 2.30. The molecule has 0 atom stereocenters. The van der Waals surface area contributed by atoms with Crippen molar-refractivity contribution >= 4 is 23.0 Å². The van der Waals surface area contributed by atoms with Gasteiger partial charge in [-0.15, -0.1) is 0 Å². The van der Waals surface area contributed by atoms with Gasteiger partial charge in [0.15, 0.2) is 0 Å². The van der Waals surface area contributed by atoms with Gasteiger partial charge in [-0.2, -0.15) is 0 Å². The predicted octanol–water partition coefficient (Wildman–Crippen LogP) is 2.26. The lowest BCUT2D eigenvalue weighted by molar-refractivity contribution is 0.436. The van der Waals surface area contributed by atoms with Crippen molar-refractivity contribution in [1.29, 1.82) is 0 Å². The first-order chi connectivity index (χ1) is 8.08. The Morgan fingerprint density at radius 1 is 1.41 bits per heavy atom. The highest BCUT2D eigenvalue weighted by molar-refractivity contribution is 7.80. The zero-order valence-corrected chi connectivity index (χ0v) is 11.3. The van der Waals surface area contributed by atoms with Crippen molar-refractivity contribution in [2.24, 2.45) is 11.7 Å². The number of piperidine rings is 1. The maximum atomic E-state index is 5.76. The van der Waals surface area contributed by atoms with Crippen molar-refractivity contribution in [2.75, 3.05) is 18.0 Å². The Hall–Kier alpha value is -1.16. The van der Waals surface area contributed by atoms with Gasteiger partial charge in [-0.25, -0.2) is 4.98 Å². The van der Waals surface area contributed by atoms with Crippen LogP contribution in [-0.4, -0.2) is 23.1 Å². The first-order valence-corrected chi connectivity index (χ1v) is 6.51. The third kappa shape index (κ3) is 2.75. The number of nitrogens with two attached hydrogens (primary N) is 1. The van der Waals surface area contributed by atoms with Gasteiger partial charge in [0.2, 0.25) is 0 Å². The van der Waals surface area contributed by atoms with Crippen LogP contribution in [0.25, 0.3) is 0 Å². The van der Waals surface area contributed by atoms with Crippen LogP contribution in [-0.2, 0) is 0 Å². The molecule has 3 nitrogen and oxygen atoms in total. The van der Waals surface area contributed by atoms with Crippen LogP contribution in [0.5, 0.6) is 0 Å². The zero-order valence-electron chi connectivity index (χ0n) is 10.4. The molecule has 1 fully saturated rings. The van der Waals surface area contributed by atoms with Crippen molar-refractivity contribution in [3.8, 4) is 0 Å². The summed E-state index contributed by atoms with van der Waals surface area (Å²) < 4.78 is 0. The molecule has 1 aliphatic rings. The fourth-order valence-electron chi connectivity index (χ4n) is 2.20. The highest BCUT2D eigenvalue weighted by atomic mass is 32.1. The molecule has 1 aromatic heterocycles. The van der Waals surface area contributed by atoms with Gasteiger partial charge in [-0.05, 0) is 37.8 Å². The van der Waals surface area contributed by atoms with E-state index < -0.39 is 0 Å². The number of hydrogen-bond donors (Lipinski definition) is 1. The molecule has 4 heteroatoms. The van der Waals surface area contributed by atoms with E-state index in [9.17, 15) is 0 Å². The van der Waals surface area contributed by atoms with E-state index in [1.54, 1.807) is 0 Å². The van der Waals surface area contributed by atoms with E-state index in [0.29, 0.717) is 4.99 Å². The minimum absolute atomic E-state index is 0.436. The monoisotopic (exact) mass is 249 g/mol. The summed E-state index contributed by atoms with van der Waals surface area (Å²) in [6, 6.07) is 3.95. The van der Waals surface area contributed by atoms with Gasteiger partial charge in [-0.3, -0.25) is 0 Å². The largest absolute Gasteiger partial charge is 0.389 e. The fraction of sp³-hybridized carbons (Fsp3) is 0.538. The molecule has 1 aromatic rings. The Morgan fingerprint density at radius 2 is 2.06 bits per heavy atom. The molecule has 0 amide bonds. The molecule has 0 bridgehead atoms. The topological polar surface area (TPSA) is 42.1 Å². The van der Waals surface area contributed by atoms with Crippen LogP contribution in [0.3, 0.4) is 0 Å². The van der Waals surface area contributed by atoms with Crippen molar-refractivity contribution in [3.63, 3.8) is 0 Å². The van der Waals surface area contributed by atoms with Crippen LogP contribution in [0.2, 0.25) is 0 Å². The first kappa shape index (κ1) is 12.3. The molecule has 1 aliphatic heterocycles. The van der Waals surface area contributed by atoms with Crippen LogP contribution in [0.15, 0.2) is 12.1 Å². The van der Waals surface area contributed by atoms with Crippen LogP contribution in [0, 0.1) is 12.8 Å². The van der Waals surface area contributed by atoms with E-state index in [1.807, 2.05) is 19.1 Å². The summed E-state index contributed by atoms with van der Waals surface area (Å²) >= 11 is 5.10. The number of pyridine rings is 1. The van der Waals surface area contributed by atoms with Crippen LogP contribution >= 0.6 is 12.2 Å². The quantitative estimate of drug-likeness (QED) is 0.816. The summed E-state index contributed by atoms with van der Waals surface area (Å²) in [6.07, 6.45) is 2.43. The van der Waals surface area contributed by atoms with Gasteiger partial charge in [0.05, 0.1) is 5.56 Å². The molecule has 2 heterocycles. The molecule has 2 N–H and O–H groups in total. The van der Waals surface area contributed by atoms with E-state index in [2.05, 4.69) is 16.8 Å². The number of thiocarbonyl (C=S) groups is 1. The minimum atomic E-state index is 0.436. The summed E-state index contributed by atoms with van der Waals surface area (Å²) in [6.45, 7) is 6.40. The molecule has 0 aromatic carbocycles. The number of anilines is 1. The smallest absolute Gasteiger partial charge is 0.139 e. The number of aromatic nitrogens is 1. The predicted molar refractivity (Wildman–Crippen MR) is 75.5 cm³/mol. The van der Waals surface area contributed by atoms with Gasteiger partial charge in [0.1, 0.15) is 10.8 Å². The lowest BCUT2D eigenvalue weighted by atomic mass is 9.99. The van der Waals surface area contributed by atoms with Crippen molar-refractivity contribution < 1.29 is 0 Å². The van der Waals surface area contributed by atoms with E-state index >= 15 is 0 Å². The molecule has 0 saturated carbocycles. The Morgan fingerprint density at radius 3 is 2.65 bits per heavy atom. The second-order valence-corrected chi connectivity index (χ2v) is 5.30. The standard InChI is InChI=1S/C13H19N3S/c1-9-5-7-16(8-6-9)13-11(12(14)17)4-3-10(2)15-13/h3-4,9H,5-8H2,1-2H3,(H2,14,17). The second kappa shape index (κ2) is 5.00. The van der Waals surface area contributed by atoms with Crippen LogP contribution < -0.4 is 10.6 Å². The normalized spacial score (nSPS) is 17.2. The van der Waals surface area contributed by atoms with Gasteiger partial charge in [-0.1, -0.05) is 19.1 Å². The summed E-state index contributed by atoms with van der Waals surface area (Å²) in [7, 11) is 0. The van der Waals surface area contributed by atoms with Gasteiger partial charge in [0.25, 0.3) is 0 Å². The Bertz CT molecular complexity index is 423. The van der Waals surface area contributed by atoms with E-state index in [-0.39, 0.29) is 0 Å². The molecule has 0 aliphatic carbocycles. The molecule has 0 spiro atoms. The molecule has 0 radical (unpaired) electrons. The molecule has 17 heavy (non-hydrogen) atoms. The number of nitrogens with zero attached hydrogens (tertiary/aromatic N) is 2. The van der Waals surface area contributed by atoms with Gasteiger partial charge >= 0.3 is 0 Å².